The standard InChI is InChI=1S/C14H13N3O3S2/c15-13(18)9-5-1-2-6-10(9)14(21)17-11-7-3-4-8-12(11)22(16,19)20/h1-8H,(H2,15,18)(H,17,21)(H2,16,19,20). The molecule has 1 amide bonds. The molecule has 0 aromatic heterocycles. The van der Waals surface area contributed by atoms with Gasteiger partial charge in [-0.3, -0.25) is 4.79 Å². The Balaban J connectivity index is 2.42. The summed E-state index contributed by atoms with van der Waals surface area (Å²) in [5, 5.41) is 7.96. The second-order valence-electron chi connectivity index (χ2n) is 4.41. The number of benzene rings is 2. The summed E-state index contributed by atoms with van der Waals surface area (Å²) in [6, 6.07) is 12.6. The van der Waals surface area contributed by atoms with E-state index in [-0.39, 0.29) is 21.1 Å². The van der Waals surface area contributed by atoms with E-state index in [4.69, 9.17) is 23.1 Å². The summed E-state index contributed by atoms with van der Waals surface area (Å²) in [5.74, 6) is -0.625. The number of rotatable bonds is 4. The molecule has 2 rings (SSSR count). The maximum atomic E-state index is 11.6. The van der Waals surface area contributed by atoms with Gasteiger partial charge < -0.3 is 11.1 Å². The normalized spacial score (nSPS) is 11.0. The quantitative estimate of drug-likeness (QED) is 0.727. The minimum Gasteiger partial charge on any atom is -0.366 e. The zero-order valence-corrected chi connectivity index (χ0v) is 12.9. The first-order valence-corrected chi connectivity index (χ1v) is 8.08. The molecule has 0 aliphatic heterocycles. The number of hydrogen-bond donors (Lipinski definition) is 3. The molecule has 0 saturated carbocycles. The van der Waals surface area contributed by atoms with Gasteiger partial charge in [-0.2, -0.15) is 0 Å². The van der Waals surface area contributed by atoms with Crippen molar-refractivity contribution in [1.29, 1.82) is 0 Å². The van der Waals surface area contributed by atoms with E-state index >= 15 is 0 Å². The number of nitrogens with two attached hydrogens (primary N) is 2. The molecule has 0 fully saturated rings. The molecule has 0 aliphatic rings. The topological polar surface area (TPSA) is 115 Å². The lowest BCUT2D eigenvalue weighted by molar-refractivity contribution is 0.1000. The molecule has 0 heterocycles. The highest BCUT2D eigenvalue weighted by atomic mass is 32.2. The Morgan fingerprint density at radius 1 is 1.00 bits per heavy atom. The van der Waals surface area contributed by atoms with Crippen molar-refractivity contribution in [1.82, 2.24) is 0 Å². The number of para-hydroxylation sites is 1. The van der Waals surface area contributed by atoms with E-state index in [9.17, 15) is 13.2 Å². The number of anilines is 1. The van der Waals surface area contributed by atoms with Crippen LogP contribution in [0.4, 0.5) is 5.69 Å². The molecule has 0 bridgehead atoms. The lowest BCUT2D eigenvalue weighted by Crippen LogP contribution is -2.21. The Morgan fingerprint density at radius 3 is 2.14 bits per heavy atom. The first-order chi connectivity index (χ1) is 10.3. The molecule has 0 saturated heterocycles. The highest BCUT2D eigenvalue weighted by Gasteiger charge is 2.16. The Morgan fingerprint density at radius 2 is 1.55 bits per heavy atom. The van der Waals surface area contributed by atoms with Crippen LogP contribution in [-0.2, 0) is 10.0 Å². The van der Waals surface area contributed by atoms with E-state index in [1.807, 2.05) is 0 Å². The predicted octanol–water partition coefficient (Wildman–Crippen LogP) is 1.22. The lowest BCUT2D eigenvalue weighted by atomic mass is 10.1. The van der Waals surface area contributed by atoms with Crippen LogP contribution in [0.25, 0.3) is 0 Å². The maximum Gasteiger partial charge on any atom is 0.249 e. The van der Waals surface area contributed by atoms with Gasteiger partial charge in [0.05, 0.1) is 5.69 Å². The van der Waals surface area contributed by atoms with Crippen molar-refractivity contribution >= 4 is 38.8 Å². The largest absolute Gasteiger partial charge is 0.366 e. The smallest absolute Gasteiger partial charge is 0.249 e. The van der Waals surface area contributed by atoms with Gasteiger partial charge in [0.15, 0.2) is 0 Å². The van der Waals surface area contributed by atoms with Crippen LogP contribution in [0.5, 0.6) is 0 Å². The van der Waals surface area contributed by atoms with E-state index in [0.29, 0.717) is 5.56 Å². The summed E-state index contributed by atoms with van der Waals surface area (Å²) in [6.07, 6.45) is 0. The van der Waals surface area contributed by atoms with Gasteiger partial charge in [0.2, 0.25) is 15.9 Å². The summed E-state index contributed by atoms with van der Waals surface area (Å²) in [7, 11) is -3.90. The van der Waals surface area contributed by atoms with Crippen molar-refractivity contribution in [3.8, 4) is 0 Å². The highest BCUT2D eigenvalue weighted by molar-refractivity contribution is 7.89. The summed E-state index contributed by atoms with van der Waals surface area (Å²) < 4.78 is 23.1. The van der Waals surface area contributed by atoms with Crippen LogP contribution in [0, 0.1) is 0 Å². The fourth-order valence-electron chi connectivity index (χ4n) is 1.90. The average Bonchev–Trinajstić information content (AvgIpc) is 2.46. The molecule has 0 aliphatic carbocycles. The Labute approximate surface area is 133 Å². The van der Waals surface area contributed by atoms with E-state index in [0.717, 1.165) is 0 Å². The minimum absolute atomic E-state index is 0.0890. The number of primary sulfonamides is 1. The molecule has 0 radical (unpaired) electrons. The van der Waals surface area contributed by atoms with E-state index in [1.54, 1.807) is 30.3 Å². The van der Waals surface area contributed by atoms with Crippen molar-refractivity contribution in [3.63, 3.8) is 0 Å². The van der Waals surface area contributed by atoms with Gasteiger partial charge in [0.25, 0.3) is 0 Å². The van der Waals surface area contributed by atoms with Crippen LogP contribution in [0.3, 0.4) is 0 Å². The first-order valence-electron chi connectivity index (χ1n) is 6.12. The molecular formula is C14H13N3O3S2. The van der Waals surface area contributed by atoms with Crippen LogP contribution >= 0.6 is 12.2 Å². The molecule has 0 spiro atoms. The number of hydrogen-bond acceptors (Lipinski definition) is 4. The molecule has 2 aromatic rings. The predicted molar refractivity (Wildman–Crippen MR) is 88.1 cm³/mol. The van der Waals surface area contributed by atoms with Crippen LogP contribution in [0.1, 0.15) is 15.9 Å². The van der Waals surface area contributed by atoms with Crippen molar-refractivity contribution in [2.24, 2.45) is 10.9 Å². The number of sulfonamides is 1. The van der Waals surface area contributed by atoms with Crippen LogP contribution < -0.4 is 16.2 Å². The molecule has 22 heavy (non-hydrogen) atoms. The summed E-state index contributed by atoms with van der Waals surface area (Å²) >= 11 is 5.24. The van der Waals surface area contributed by atoms with Gasteiger partial charge in [0, 0.05) is 11.1 Å². The summed E-state index contributed by atoms with van der Waals surface area (Å²) in [5.41, 5.74) is 6.19. The Bertz CT molecular complexity index is 848. The number of primary amides is 1. The zero-order chi connectivity index (χ0) is 16.3. The number of carbonyl (C=O) groups excluding carboxylic acids is 1. The third kappa shape index (κ3) is 3.48. The maximum absolute atomic E-state index is 11.6. The van der Waals surface area contributed by atoms with E-state index in [1.165, 1.54) is 18.2 Å². The number of amides is 1. The molecule has 6 nitrogen and oxygen atoms in total. The van der Waals surface area contributed by atoms with Crippen molar-refractivity contribution < 1.29 is 13.2 Å². The Kier molecular flexibility index (Phi) is 4.55. The van der Waals surface area contributed by atoms with Crippen LogP contribution in [0.2, 0.25) is 0 Å². The third-order valence-corrected chi connectivity index (χ3v) is 4.17. The molecule has 0 unspecified atom stereocenters. The Hall–Kier alpha value is -2.29. The van der Waals surface area contributed by atoms with Crippen molar-refractivity contribution in [2.45, 2.75) is 4.90 Å². The van der Waals surface area contributed by atoms with Gasteiger partial charge in [-0.15, -0.1) is 0 Å². The fourth-order valence-corrected chi connectivity index (χ4v) is 2.89. The second-order valence-corrected chi connectivity index (χ2v) is 6.34. The molecule has 2 aromatic carbocycles. The number of nitrogens with one attached hydrogen (secondary N) is 1. The lowest BCUT2D eigenvalue weighted by Gasteiger charge is -2.13. The number of carbonyl (C=O) groups is 1. The van der Waals surface area contributed by atoms with E-state index < -0.39 is 15.9 Å². The number of thiocarbonyl (C=S) groups is 1. The van der Waals surface area contributed by atoms with Gasteiger partial charge in [-0.25, -0.2) is 13.6 Å². The minimum atomic E-state index is -3.90. The van der Waals surface area contributed by atoms with Gasteiger partial charge in [-0.1, -0.05) is 42.5 Å². The first kappa shape index (κ1) is 16.1. The fraction of sp³-hybridized carbons (Fsp3) is 0. The van der Waals surface area contributed by atoms with Crippen LogP contribution in [0.15, 0.2) is 53.4 Å². The van der Waals surface area contributed by atoms with Crippen molar-refractivity contribution in [3.05, 3.63) is 59.7 Å². The van der Waals surface area contributed by atoms with Gasteiger partial charge >= 0.3 is 0 Å². The van der Waals surface area contributed by atoms with Gasteiger partial charge in [0.1, 0.15) is 9.88 Å². The third-order valence-electron chi connectivity index (χ3n) is 2.88. The highest BCUT2D eigenvalue weighted by Crippen LogP contribution is 2.21. The molecule has 0 atom stereocenters. The summed E-state index contributed by atoms with van der Waals surface area (Å²) in [6.45, 7) is 0. The molecule has 8 heteroatoms. The molecular weight excluding hydrogens is 322 g/mol. The monoisotopic (exact) mass is 335 g/mol. The average molecular weight is 335 g/mol. The SMILES string of the molecule is NC(=O)c1ccccc1C(=S)Nc1ccccc1S(N)(=O)=O. The van der Waals surface area contributed by atoms with Crippen molar-refractivity contribution in [2.75, 3.05) is 5.32 Å². The van der Waals surface area contributed by atoms with Crippen LogP contribution in [-0.4, -0.2) is 19.3 Å². The summed E-state index contributed by atoms with van der Waals surface area (Å²) in [4.78, 5) is 11.5. The molecule has 5 N–H and O–H groups in total. The second kappa shape index (κ2) is 6.22. The van der Waals surface area contributed by atoms with Gasteiger partial charge in [-0.05, 0) is 18.2 Å². The zero-order valence-electron chi connectivity index (χ0n) is 11.3. The molecule has 114 valence electrons. The van der Waals surface area contributed by atoms with E-state index in [2.05, 4.69) is 5.32 Å².